The van der Waals surface area contributed by atoms with Crippen LogP contribution in [0.2, 0.25) is 0 Å². The normalized spacial score (nSPS) is 17.3. The number of nitrogens with zero attached hydrogens (tertiary/aromatic N) is 4. The third-order valence-electron chi connectivity index (χ3n) is 5.53. The lowest BCUT2D eigenvalue weighted by Gasteiger charge is -2.30. The van der Waals surface area contributed by atoms with Crippen molar-refractivity contribution in [2.45, 2.75) is 33.2 Å². The first-order valence-electron chi connectivity index (χ1n) is 10.4. The Kier molecular flexibility index (Phi) is 5.56. The summed E-state index contributed by atoms with van der Waals surface area (Å²) in [5.41, 5.74) is 3.20. The average molecular weight is 454 g/mol. The number of likely N-dealkylation sites (tertiary alicyclic amines) is 1. The molecule has 0 spiro atoms. The quantitative estimate of drug-likeness (QED) is 0.447. The number of aromatic nitrogens is 3. The van der Waals surface area contributed by atoms with Gasteiger partial charge in [0.1, 0.15) is 0 Å². The molecule has 31 heavy (non-hydrogen) atoms. The van der Waals surface area contributed by atoms with Crippen molar-refractivity contribution in [1.82, 2.24) is 20.0 Å². The van der Waals surface area contributed by atoms with Crippen molar-refractivity contribution < 1.29 is 9.32 Å². The van der Waals surface area contributed by atoms with Crippen molar-refractivity contribution in [3.63, 3.8) is 0 Å². The maximum atomic E-state index is 13.2. The van der Waals surface area contributed by atoms with Gasteiger partial charge in [0, 0.05) is 18.5 Å². The molecule has 5 rings (SSSR count). The molecule has 9 heteroatoms. The van der Waals surface area contributed by atoms with Gasteiger partial charge in [0.2, 0.25) is 0 Å². The van der Waals surface area contributed by atoms with Crippen molar-refractivity contribution in [3.8, 4) is 10.6 Å². The molecule has 1 N–H and O–H groups in total. The van der Waals surface area contributed by atoms with Crippen LogP contribution >= 0.6 is 22.7 Å². The average Bonchev–Trinajstić information content (AvgIpc) is 3.50. The lowest BCUT2D eigenvalue weighted by atomic mass is 10.0. The van der Waals surface area contributed by atoms with Gasteiger partial charge in [-0.3, -0.25) is 15.0 Å². The molecule has 7 nitrogen and oxygen atoms in total. The first-order chi connectivity index (χ1) is 15.1. The predicted molar refractivity (Wildman–Crippen MR) is 124 cm³/mol. The molecular weight excluding hydrogens is 430 g/mol. The number of hydrogen-bond acceptors (Lipinski definition) is 8. The smallest absolute Gasteiger partial charge is 0.259 e. The molecule has 1 fully saturated rings. The summed E-state index contributed by atoms with van der Waals surface area (Å²) in [4.78, 5) is 25.8. The van der Waals surface area contributed by atoms with Gasteiger partial charge in [-0.2, -0.15) is 0 Å². The molecule has 1 saturated heterocycles. The number of nitrogens with one attached hydrogen (secondary N) is 1. The number of pyridine rings is 1. The van der Waals surface area contributed by atoms with E-state index in [0.717, 1.165) is 36.1 Å². The van der Waals surface area contributed by atoms with Crippen LogP contribution in [0.25, 0.3) is 21.7 Å². The van der Waals surface area contributed by atoms with Crippen molar-refractivity contribution >= 4 is 44.8 Å². The molecule has 4 aromatic rings. The molecule has 0 saturated carbocycles. The molecule has 1 unspecified atom stereocenters. The number of rotatable bonds is 5. The second-order valence-electron chi connectivity index (χ2n) is 8.06. The Bertz CT molecular complexity index is 1210. The molecule has 5 heterocycles. The van der Waals surface area contributed by atoms with E-state index in [1.54, 1.807) is 17.4 Å². The lowest BCUT2D eigenvalue weighted by Crippen LogP contribution is -2.33. The Morgan fingerprint density at radius 2 is 2.26 bits per heavy atom. The second-order valence-corrected chi connectivity index (χ2v) is 9.87. The summed E-state index contributed by atoms with van der Waals surface area (Å²) in [6.07, 6.45) is 2.53. The van der Waals surface area contributed by atoms with E-state index in [2.05, 4.69) is 32.3 Å². The summed E-state index contributed by atoms with van der Waals surface area (Å²) in [5, 5.41) is 12.2. The highest BCUT2D eigenvalue weighted by atomic mass is 32.1. The summed E-state index contributed by atoms with van der Waals surface area (Å²) < 4.78 is 5.37. The monoisotopic (exact) mass is 453 g/mol. The number of carbonyl (C=O) groups excluding carboxylic acids is 1. The van der Waals surface area contributed by atoms with Crippen LogP contribution in [-0.2, 0) is 6.54 Å². The van der Waals surface area contributed by atoms with Gasteiger partial charge >= 0.3 is 0 Å². The van der Waals surface area contributed by atoms with Gasteiger partial charge in [-0.15, -0.1) is 22.7 Å². The molecule has 0 aromatic carbocycles. The molecule has 1 aliphatic rings. The van der Waals surface area contributed by atoms with Crippen LogP contribution in [0, 0.1) is 12.8 Å². The van der Waals surface area contributed by atoms with Gasteiger partial charge in [-0.1, -0.05) is 18.1 Å². The highest BCUT2D eigenvalue weighted by molar-refractivity contribution is 7.14. The molecule has 1 amide bonds. The summed E-state index contributed by atoms with van der Waals surface area (Å²) in [7, 11) is 0. The number of fused-ring (bicyclic) bond motifs is 1. The van der Waals surface area contributed by atoms with Crippen LogP contribution in [0.4, 0.5) is 5.13 Å². The molecule has 1 atom stereocenters. The summed E-state index contributed by atoms with van der Waals surface area (Å²) in [5.74, 6) is 0.494. The van der Waals surface area contributed by atoms with E-state index < -0.39 is 0 Å². The van der Waals surface area contributed by atoms with E-state index in [0.29, 0.717) is 33.2 Å². The van der Waals surface area contributed by atoms with E-state index in [1.807, 2.05) is 29.8 Å². The van der Waals surface area contributed by atoms with Crippen LogP contribution in [-0.4, -0.2) is 39.0 Å². The molecule has 0 bridgehead atoms. The number of anilines is 1. The zero-order chi connectivity index (χ0) is 21.4. The second kappa shape index (κ2) is 8.49. The molecule has 1 aliphatic heterocycles. The third-order valence-corrected chi connectivity index (χ3v) is 7.23. The van der Waals surface area contributed by atoms with E-state index in [-0.39, 0.29) is 5.91 Å². The van der Waals surface area contributed by atoms with Gasteiger partial charge in [0.25, 0.3) is 11.6 Å². The SMILES string of the molecule is Cc1noc2nc(-c3cccs3)cc(C(=O)Nc3nc(CN4CCCC(C)C4)cs3)c12. The summed E-state index contributed by atoms with van der Waals surface area (Å²) in [6, 6.07) is 5.73. The van der Waals surface area contributed by atoms with Gasteiger partial charge in [0.15, 0.2) is 5.13 Å². The van der Waals surface area contributed by atoms with Gasteiger partial charge < -0.3 is 4.52 Å². The standard InChI is InChI=1S/C22H23N5O2S2/c1-13-5-3-7-27(10-13)11-15-12-31-22(23-15)25-20(28)16-9-17(18-6-4-8-30-18)24-21-19(16)14(2)26-29-21/h4,6,8-9,12-13H,3,5,7,10-11H2,1-2H3,(H,23,25,28). The van der Waals surface area contributed by atoms with E-state index in [9.17, 15) is 4.79 Å². The molecule has 160 valence electrons. The van der Waals surface area contributed by atoms with Crippen LogP contribution in [0.1, 0.15) is 41.5 Å². The minimum atomic E-state index is -0.232. The van der Waals surface area contributed by atoms with Crippen LogP contribution in [0.15, 0.2) is 33.5 Å². The van der Waals surface area contributed by atoms with Gasteiger partial charge in [-0.05, 0) is 49.7 Å². The van der Waals surface area contributed by atoms with Crippen molar-refractivity contribution in [1.29, 1.82) is 0 Å². The number of hydrogen-bond donors (Lipinski definition) is 1. The van der Waals surface area contributed by atoms with E-state index in [4.69, 9.17) is 4.52 Å². The number of carbonyl (C=O) groups is 1. The minimum absolute atomic E-state index is 0.232. The Morgan fingerprint density at radius 3 is 3.06 bits per heavy atom. The Balaban J connectivity index is 1.38. The highest BCUT2D eigenvalue weighted by Crippen LogP contribution is 2.30. The molecular formula is C22H23N5O2S2. The zero-order valence-electron chi connectivity index (χ0n) is 17.4. The Morgan fingerprint density at radius 1 is 1.35 bits per heavy atom. The fourth-order valence-corrected chi connectivity index (χ4v) is 5.47. The van der Waals surface area contributed by atoms with Crippen molar-refractivity contribution in [3.05, 3.63) is 45.9 Å². The van der Waals surface area contributed by atoms with Crippen LogP contribution in [0.5, 0.6) is 0 Å². The number of thiazole rings is 1. The Labute approximate surface area is 188 Å². The number of amides is 1. The first kappa shape index (κ1) is 20.3. The first-order valence-corrected chi connectivity index (χ1v) is 12.1. The number of thiophene rings is 1. The van der Waals surface area contributed by atoms with Crippen LogP contribution in [0.3, 0.4) is 0 Å². The fourth-order valence-electron chi connectivity index (χ4n) is 4.09. The van der Waals surface area contributed by atoms with Gasteiger partial charge in [0.05, 0.1) is 32.9 Å². The van der Waals surface area contributed by atoms with E-state index >= 15 is 0 Å². The van der Waals surface area contributed by atoms with Crippen molar-refractivity contribution in [2.24, 2.45) is 5.92 Å². The lowest BCUT2D eigenvalue weighted by molar-refractivity contribution is 0.102. The number of aryl methyl sites for hydroxylation is 1. The maximum Gasteiger partial charge on any atom is 0.259 e. The molecule has 4 aromatic heterocycles. The number of piperidine rings is 1. The summed E-state index contributed by atoms with van der Waals surface area (Å²) >= 11 is 3.02. The van der Waals surface area contributed by atoms with Crippen LogP contribution < -0.4 is 5.32 Å². The van der Waals surface area contributed by atoms with E-state index in [1.165, 1.54) is 24.2 Å². The summed E-state index contributed by atoms with van der Waals surface area (Å²) in [6.45, 7) is 7.15. The zero-order valence-corrected chi connectivity index (χ0v) is 19.1. The molecule has 0 radical (unpaired) electrons. The largest absolute Gasteiger partial charge is 0.335 e. The predicted octanol–water partition coefficient (Wildman–Crippen LogP) is 5.20. The minimum Gasteiger partial charge on any atom is -0.335 e. The highest BCUT2D eigenvalue weighted by Gasteiger charge is 2.21. The van der Waals surface area contributed by atoms with Gasteiger partial charge in [-0.25, -0.2) is 9.97 Å². The fraction of sp³-hybridized carbons (Fsp3) is 0.364. The molecule has 0 aliphatic carbocycles. The van der Waals surface area contributed by atoms with Crippen molar-refractivity contribution in [2.75, 3.05) is 18.4 Å². The maximum absolute atomic E-state index is 13.2. The third kappa shape index (κ3) is 4.26. The topological polar surface area (TPSA) is 84.1 Å². The Hall–Kier alpha value is -2.62.